The van der Waals surface area contributed by atoms with Gasteiger partial charge in [0, 0.05) is 18.8 Å². The molecule has 0 radical (unpaired) electrons. The Morgan fingerprint density at radius 3 is 2.58 bits per heavy atom. The molecule has 0 aromatic heterocycles. The van der Waals surface area contributed by atoms with Gasteiger partial charge in [0.25, 0.3) is 0 Å². The van der Waals surface area contributed by atoms with Crippen molar-refractivity contribution in [1.82, 2.24) is 0 Å². The molecule has 1 N–H and O–H groups in total. The Labute approximate surface area is 114 Å². The molecule has 4 heteroatoms. The highest BCUT2D eigenvalue weighted by Gasteiger charge is 2.59. The maximum Gasteiger partial charge on any atom is 0.302 e. The largest absolute Gasteiger partial charge is 0.461 e. The van der Waals surface area contributed by atoms with Gasteiger partial charge in [0.2, 0.25) is 0 Å². The summed E-state index contributed by atoms with van der Waals surface area (Å²) < 4.78 is 5.41. The van der Waals surface area contributed by atoms with Crippen molar-refractivity contribution in [2.75, 3.05) is 0 Å². The lowest BCUT2D eigenvalue weighted by Gasteiger charge is -2.54. The lowest BCUT2D eigenvalue weighted by Crippen LogP contribution is -2.61. The first-order chi connectivity index (χ1) is 8.78. The van der Waals surface area contributed by atoms with Gasteiger partial charge < -0.3 is 9.84 Å². The number of aliphatic hydroxyl groups is 1. The molecule has 0 aliphatic heterocycles. The number of ether oxygens (including phenoxy) is 1. The third-order valence-electron chi connectivity index (χ3n) is 5.15. The Balaban J connectivity index is 2.39. The summed E-state index contributed by atoms with van der Waals surface area (Å²) in [5, 5.41) is 10.4. The second-order valence-corrected chi connectivity index (χ2v) is 6.53. The predicted octanol–water partition coefficient (Wildman–Crippen LogP) is 1.94. The van der Waals surface area contributed by atoms with E-state index in [4.69, 9.17) is 4.74 Å². The van der Waals surface area contributed by atoms with Crippen LogP contribution in [0.25, 0.3) is 0 Å². The van der Waals surface area contributed by atoms with Crippen molar-refractivity contribution < 1.29 is 19.4 Å². The number of aliphatic hydroxyl groups excluding tert-OH is 1. The van der Waals surface area contributed by atoms with E-state index in [0.29, 0.717) is 12.8 Å². The van der Waals surface area contributed by atoms with Crippen molar-refractivity contribution >= 4 is 11.8 Å². The van der Waals surface area contributed by atoms with Gasteiger partial charge in [0.1, 0.15) is 11.9 Å². The molecule has 6 atom stereocenters. The average molecular weight is 268 g/mol. The second-order valence-electron chi connectivity index (χ2n) is 6.53. The Morgan fingerprint density at radius 1 is 1.37 bits per heavy atom. The van der Waals surface area contributed by atoms with Crippen LogP contribution in [0.3, 0.4) is 0 Å². The number of rotatable bonds is 1. The maximum atomic E-state index is 12.7. The fourth-order valence-corrected chi connectivity index (χ4v) is 4.33. The molecular formula is C15H24O4. The molecule has 2 fully saturated rings. The smallest absolute Gasteiger partial charge is 0.302 e. The number of fused-ring (bicyclic) bond motifs is 1. The van der Waals surface area contributed by atoms with Crippen LogP contribution in [-0.2, 0) is 14.3 Å². The number of hydrogen-bond donors (Lipinski definition) is 1. The fourth-order valence-electron chi connectivity index (χ4n) is 4.33. The number of Topliss-reactive ketones (excluding diaryl/α,β-unsaturated/α-hetero) is 1. The first-order valence-corrected chi connectivity index (χ1v) is 7.18. The molecule has 108 valence electrons. The van der Waals surface area contributed by atoms with Crippen molar-refractivity contribution in [3.63, 3.8) is 0 Å². The monoisotopic (exact) mass is 268 g/mol. The molecule has 1 unspecified atom stereocenters. The highest BCUT2D eigenvalue weighted by Crippen LogP contribution is 2.53. The van der Waals surface area contributed by atoms with Crippen LogP contribution in [-0.4, -0.2) is 29.1 Å². The highest BCUT2D eigenvalue weighted by molar-refractivity contribution is 5.89. The van der Waals surface area contributed by atoms with Crippen LogP contribution in [0, 0.1) is 23.2 Å². The van der Waals surface area contributed by atoms with E-state index in [0.717, 1.165) is 6.42 Å². The van der Waals surface area contributed by atoms with Crippen LogP contribution < -0.4 is 0 Å². The summed E-state index contributed by atoms with van der Waals surface area (Å²) in [6, 6.07) is 0. The Hall–Kier alpha value is -0.900. The first kappa shape index (κ1) is 14.5. The summed E-state index contributed by atoms with van der Waals surface area (Å²) in [4.78, 5) is 23.9. The summed E-state index contributed by atoms with van der Waals surface area (Å²) in [7, 11) is 0. The third-order valence-corrected chi connectivity index (χ3v) is 5.15. The summed E-state index contributed by atoms with van der Waals surface area (Å²) in [6.45, 7) is 7.20. The first-order valence-electron chi connectivity index (χ1n) is 7.18. The Morgan fingerprint density at radius 2 is 2.00 bits per heavy atom. The zero-order valence-electron chi connectivity index (χ0n) is 12.2. The standard InChI is InChI=1S/C15H24O4/c1-8-5-6-12(19-10(3)16)15(4)13(8)11(17)7-9(2)14(15)18/h8-9,11-13,17H,5-7H2,1-4H3/t8-,9-,11-,12+,13?,15+/m1/s1. The van der Waals surface area contributed by atoms with Gasteiger partial charge in [0.15, 0.2) is 0 Å². The van der Waals surface area contributed by atoms with E-state index in [1.165, 1.54) is 6.92 Å². The van der Waals surface area contributed by atoms with E-state index in [1.807, 2.05) is 13.8 Å². The summed E-state index contributed by atoms with van der Waals surface area (Å²) in [6.07, 6.45) is 1.24. The number of esters is 1. The summed E-state index contributed by atoms with van der Waals surface area (Å²) >= 11 is 0. The molecule has 2 rings (SSSR count). The minimum Gasteiger partial charge on any atom is -0.461 e. The lowest BCUT2D eigenvalue weighted by molar-refractivity contribution is -0.187. The van der Waals surface area contributed by atoms with Gasteiger partial charge in [-0.05, 0) is 32.1 Å². The predicted molar refractivity (Wildman–Crippen MR) is 70.3 cm³/mol. The van der Waals surface area contributed by atoms with Gasteiger partial charge in [-0.3, -0.25) is 9.59 Å². The third kappa shape index (κ3) is 2.20. The Bertz CT molecular complexity index is 392. The molecule has 0 saturated heterocycles. The van der Waals surface area contributed by atoms with Crippen molar-refractivity contribution in [2.45, 2.75) is 59.2 Å². The summed E-state index contributed by atoms with van der Waals surface area (Å²) in [5.74, 6) is -0.196. The molecule has 2 aliphatic carbocycles. The molecule has 0 heterocycles. The normalized spacial score (nSPS) is 46.6. The number of hydrogen-bond acceptors (Lipinski definition) is 4. The molecular weight excluding hydrogens is 244 g/mol. The molecule has 0 aromatic rings. The average Bonchev–Trinajstić information content (AvgIpc) is 2.30. The minimum atomic E-state index is -0.736. The van der Waals surface area contributed by atoms with E-state index in [1.54, 1.807) is 0 Å². The van der Waals surface area contributed by atoms with Crippen LogP contribution in [0.1, 0.15) is 47.0 Å². The molecule has 4 nitrogen and oxygen atoms in total. The van der Waals surface area contributed by atoms with E-state index in [-0.39, 0.29) is 29.5 Å². The molecule has 0 bridgehead atoms. The van der Waals surface area contributed by atoms with E-state index >= 15 is 0 Å². The van der Waals surface area contributed by atoms with Gasteiger partial charge in [-0.15, -0.1) is 0 Å². The number of ketones is 1. The zero-order chi connectivity index (χ0) is 14.4. The topological polar surface area (TPSA) is 63.6 Å². The van der Waals surface area contributed by atoms with Gasteiger partial charge in [-0.1, -0.05) is 13.8 Å². The van der Waals surface area contributed by atoms with Crippen LogP contribution in [0.4, 0.5) is 0 Å². The van der Waals surface area contributed by atoms with Gasteiger partial charge in [-0.25, -0.2) is 0 Å². The second kappa shape index (κ2) is 4.89. The molecule has 0 amide bonds. The van der Waals surface area contributed by atoms with Gasteiger partial charge in [0.05, 0.1) is 11.5 Å². The minimum absolute atomic E-state index is 0.103. The molecule has 2 saturated carbocycles. The maximum absolute atomic E-state index is 12.7. The summed E-state index contributed by atoms with van der Waals surface area (Å²) in [5.41, 5.74) is -0.736. The van der Waals surface area contributed by atoms with Crippen LogP contribution in [0.5, 0.6) is 0 Å². The quantitative estimate of drug-likeness (QED) is 0.738. The molecule has 19 heavy (non-hydrogen) atoms. The Kier molecular flexibility index (Phi) is 3.74. The van der Waals surface area contributed by atoms with Gasteiger partial charge >= 0.3 is 5.97 Å². The van der Waals surface area contributed by atoms with E-state index in [2.05, 4.69) is 6.92 Å². The molecule has 2 aliphatic rings. The highest BCUT2D eigenvalue weighted by atomic mass is 16.5. The lowest BCUT2D eigenvalue weighted by atomic mass is 9.52. The SMILES string of the molecule is CC(=O)O[C@H]1CC[C@@H](C)C2[C@H](O)C[C@@H](C)C(=O)[C@]21C. The van der Waals surface area contributed by atoms with E-state index in [9.17, 15) is 14.7 Å². The fraction of sp³-hybridized carbons (Fsp3) is 0.867. The van der Waals surface area contributed by atoms with Crippen LogP contribution in [0.2, 0.25) is 0 Å². The van der Waals surface area contributed by atoms with Crippen molar-refractivity contribution in [3.8, 4) is 0 Å². The van der Waals surface area contributed by atoms with Crippen molar-refractivity contribution in [2.24, 2.45) is 23.2 Å². The molecule has 0 aromatic carbocycles. The van der Waals surface area contributed by atoms with Crippen molar-refractivity contribution in [3.05, 3.63) is 0 Å². The number of carbonyl (C=O) groups excluding carboxylic acids is 2. The van der Waals surface area contributed by atoms with Crippen LogP contribution in [0.15, 0.2) is 0 Å². The zero-order valence-corrected chi connectivity index (χ0v) is 12.2. The van der Waals surface area contributed by atoms with Crippen LogP contribution >= 0.6 is 0 Å². The van der Waals surface area contributed by atoms with Gasteiger partial charge in [-0.2, -0.15) is 0 Å². The van der Waals surface area contributed by atoms with Crippen molar-refractivity contribution in [1.29, 1.82) is 0 Å². The number of carbonyl (C=O) groups is 2. The van der Waals surface area contributed by atoms with E-state index < -0.39 is 17.6 Å². The molecule has 0 spiro atoms.